The molecule has 0 radical (unpaired) electrons. The van der Waals surface area contributed by atoms with Crippen LogP contribution in [0.4, 0.5) is 0 Å². The highest BCUT2D eigenvalue weighted by Gasteiger charge is 2.15. The van der Waals surface area contributed by atoms with E-state index in [1.54, 1.807) is 0 Å². The average molecular weight is 250 g/mol. The Morgan fingerprint density at radius 1 is 1.22 bits per heavy atom. The molecule has 0 saturated carbocycles. The largest absolute Gasteiger partial charge is 0.393 e. The van der Waals surface area contributed by atoms with E-state index in [1.165, 1.54) is 16.7 Å². The molecule has 1 heteroatoms. The topological polar surface area (TPSA) is 20.2 Å². The molecule has 0 bridgehead atoms. The Morgan fingerprint density at radius 2 is 1.83 bits per heavy atom. The van der Waals surface area contributed by atoms with Gasteiger partial charge >= 0.3 is 0 Å². The average Bonchev–Trinajstić information content (AvgIpc) is 2.28. The van der Waals surface area contributed by atoms with Crippen LogP contribution < -0.4 is 0 Å². The van der Waals surface area contributed by atoms with Gasteiger partial charge < -0.3 is 5.11 Å². The molecule has 0 aliphatic carbocycles. The predicted octanol–water partition coefficient (Wildman–Crippen LogP) is 5.03. The van der Waals surface area contributed by atoms with Crippen molar-refractivity contribution < 1.29 is 5.11 Å². The minimum Gasteiger partial charge on any atom is -0.393 e. The van der Waals surface area contributed by atoms with Gasteiger partial charge in [0.2, 0.25) is 0 Å². The molecule has 104 valence electrons. The summed E-state index contributed by atoms with van der Waals surface area (Å²) in [6.45, 7) is 14.3. The number of aliphatic hydroxyl groups is 1. The molecule has 1 N–H and O–H groups in total. The van der Waals surface area contributed by atoms with Gasteiger partial charge in [-0.15, -0.1) is 0 Å². The first-order valence-electron chi connectivity index (χ1n) is 7.03. The molecule has 1 nitrogen and oxygen atoms in total. The molecule has 0 fully saturated rings. The summed E-state index contributed by atoms with van der Waals surface area (Å²) in [5.74, 6) is 0.310. The third-order valence-electron chi connectivity index (χ3n) is 3.57. The molecule has 2 atom stereocenters. The maximum atomic E-state index is 9.74. The van der Waals surface area contributed by atoms with Crippen molar-refractivity contribution >= 4 is 0 Å². The van der Waals surface area contributed by atoms with Crippen molar-refractivity contribution in [3.8, 4) is 0 Å². The Kier molecular flexibility index (Phi) is 8.74. The molecule has 0 saturated heterocycles. The molecule has 0 aliphatic heterocycles. The molecule has 0 rings (SSSR count). The molecule has 18 heavy (non-hydrogen) atoms. The van der Waals surface area contributed by atoms with Crippen LogP contribution in [0.2, 0.25) is 0 Å². The van der Waals surface area contributed by atoms with Crippen LogP contribution in [0.15, 0.2) is 35.5 Å². The zero-order valence-corrected chi connectivity index (χ0v) is 12.8. The number of hydrogen-bond donors (Lipinski definition) is 1. The quantitative estimate of drug-likeness (QED) is 0.599. The molecule has 0 aromatic heterocycles. The van der Waals surface area contributed by atoms with Crippen LogP contribution in [0.1, 0.15) is 60.3 Å². The molecule has 0 aromatic rings. The SMILES string of the molecule is C=C(C)CC=CCCC(C)=C(C)C(CC)C(C)O. The number of hydrogen-bond acceptors (Lipinski definition) is 1. The second-order valence-corrected chi connectivity index (χ2v) is 5.39. The fourth-order valence-corrected chi connectivity index (χ4v) is 2.22. The van der Waals surface area contributed by atoms with Crippen molar-refractivity contribution in [2.24, 2.45) is 5.92 Å². The third kappa shape index (κ3) is 6.80. The van der Waals surface area contributed by atoms with Gasteiger partial charge in [-0.25, -0.2) is 0 Å². The Bertz CT molecular complexity index is 308. The minimum atomic E-state index is -0.246. The van der Waals surface area contributed by atoms with Gasteiger partial charge in [0.25, 0.3) is 0 Å². The molecular weight excluding hydrogens is 220 g/mol. The van der Waals surface area contributed by atoms with Gasteiger partial charge in [0.05, 0.1) is 6.10 Å². The van der Waals surface area contributed by atoms with Crippen LogP contribution >= 0.6 is 0 Å². The van der Waals surface area contributed by atoms with Gasteiger partial charge in [0, 0.05) is 5.92 Å². The second-order valence-electron chi connectivity index (χ2n) is 5.39. The lowest BCUT2D eigenvalue weighted by molar-refractivity contribution is 0.140. The Hall–Kier alpha value is -0.820. The van der Waals surface area contributed by atoms with Gasteiger partial charge in [-0.05, 0) is 53.4 Å². The van der Waals surface area contributed by atoms with E-state index in [2.05, 4.69) is 39.5 Å². The zero-order valence-electron chi connectivity index (χ0n) is 12.8. The van der Waals surface area contributed by atoms with E-state index in [0.29, 0.717) is 5.92 Å². The predicted molar refractivity (Wildman–Crippen MR) is 81.6 cm³/mol. The standard InChI is InChI=1S/C17H30O/c1-7-17(16(6)18)15(5)14(4)12-10-8-9-11-13(2)3/h8-9,16-18H,2,7,10-12H2,1,3-6H3. The molecule has 0 heterocycles. The molecule has 0 aliphatic rings. The Labute approximate surface area is 113 Å². The van der Waals surface area contributed by atoms with Crippen molar-refractivity contribution in [3.05, 3.63) is 35.5 Å². The van der Waals surface area contributed by atoms with E-state index in [-0.39, 0.29) is 6.10 Å². The summed E-state index contributed by atoms with van der Waals surface area (Å²) in [6, 6.07) is 0. The summed E-state index contributed by atoms with van der Waals surface area (Å²) in [4.78, 5) is 0. The van der Waals surface area contributed by atoms with Crippen LogP contribution in [0, 0.1) is 5.92 Å². The highest BCUT2D eigenvalue weighted by molar-refractivity contribution is 5.14. The van der Waals surface area contributed by atoms with E-state index >= 15 is 0 Å². The number of rotatable bonds is 8. The third-order valence-corrected chi connectivity index (χ3v) is 3.57. The number of allylic oxidation sites excluding steroid dienone is 4. The fourth-order valence-electron chi connectivity index (χ4n) is 2.22. The normalized spacial score (nSPS) is 16.6. The van der Waals surface area contributed by atoms with E-state index in [4.69, 9.17) is 0 Å². The van der Waals surface area contributed by atoms with Gasteiger partial charge in [-0.3, -0.25) is 0 Å². The van der Waals surface area contributed by atoms with Crippen molar-refractivity contribution in [2.45, 2.75) is 66.4 Å². The summed E-state index contributed by atoms with van der Waals surface area (Å²) in [5, 5.41) is 9.74. The van der Waals surface area contributed by atoms with Crippen molar-refractivity contribution in [1.82, 2.24) is 0 Å². The maximum Gasteiger partial charge on any atom is 0.0577 e. The summed E-state index contributed by atoms with van der Waals surface area (Å²) in [6.07, 6.45) is 8.32. The van der Waals surface area contributed by atoms with Crippen molar-refractivity contribution in [2.75, 3.05) is 0 Å². The monoisotopic (exact) mass is 250 g/mol. The van der Waals surface area contributed by atoms with Gasteiger partial charge in [0.1, 0.15) is 0 Å². The highest BCUT2D eigenvalue weighted by Crippen LogP contribution is 2.24. The van der Waals surface area contributed by atoms with E-state index in [9.17, 15) is 5.11 Å². The molecule has 2 unspecified atom stereocenters. The Morgan fingerprint density at radius 3 is 2.28 bits per heavy atom. The molecule has 0 amide bonds. The lowest BCUT2D eigenvalue weighted by atomic mass is 9.88. The van der Waals surface area contributed by atoms with E-state index in [1.807, 2.05) is 13.8 Å². The lowest BCUT2D eigenvalue weighted by Gasteiger charge is -2.21. The van der Waals surface area contributed by atoms with Crippen LogP contribution in [-0.2, 0) is 0 Å². The van der Waals surface area contributed by atoms with Gasteiger partial charge in [-0.1, -0.05) is 42.4 Å². The number of aliphatic hydroxyl groups excluding tert-OH is 1. The van der Waals surface area contributed by atoms with E-state index < -0.39 is 0 Å². The minimum absolute atomic E-state index is 0.246. The van der Waals surface area contributed by atoms with Crippen LogP contribution in [-0.4, -0.2) is 11.2 Å². The molecular formula is C17H30O. The molecule has 0 spiro atoms. The van der Waals surface area contributed by atoms with Crippen molar-refractivity contribution in [3.63, 3.8) is 0 Å². The highest BCUT2D eigenvalue weighted by atomic mass is 16.3. The van der Waals surface area contributed by atoms with Gasteiger partial charge in [-0.2, -0.15) is 0 Å². The van der Waals surface area contributed by atoms with Crippen LogP contribution in [0.3, 0.4) is 0 Å². The Balaban J connectivity index is 4.31. The van der Waals surface area contributed by atoms with E-state index in [0.717, 1.165) is 25.7 Å². The first-order valence-corrected chi connectivity index (χ1v) is 7.03. The summed E-state index contributed by atoms with van der Waals surface area (Å²) >= 11 is 0. The summed E-state index contributed by atoms with van der Waals surface area (Å²) < 4.78 is 0. The summed E-state index contributed by atoms with van der Waals surface area (Å²) in [5.41, 5.74) is 3.98. The second kappa shape index (κ2) is 9.16. The maximum absolute atomic E-state index is 9.74. The summed E-state index contributed by atoms with van der Waals surface area (Å²) in [7, 11) is 0. The van der Waals surface area contributed by atoms with Crippen LogP contribution in [0.5, 0.6) is 0 Å². The first kappa shape index (κ1) is 17.2. The van der Waals surface area contributed by atoms with Crippen molar-refractivity contribution in [1.29, 1.82) is 0 Å². The first-order chi connectivity index (χ1) is 8.40. The lowest BCUT2D eigenvalue weighted by Crippen LogP contribution is -2.17. The zero-order chi connectivity index (χ0) is 14.1. The smallest absolute Gasteiger partial charge is 0.0577 e. The van der Waals surface area contributed by atoms with Crippen LogP contribution in [0.25, 0.3) is 0 Å². The van der Waals surface area contributed by atoms with Gasteiger partial charge in [0.15, 0.2) is 0 Å². The molecule has 0 aromatic carbocycles. The fraction of sp³-hybridized carbons (Fsp3) is 0.647.